The number of fused-ring (bicyclic) bond motifs is 9. The van der Waals surface area contributed by atoms with Crippen LogP contribution < -0.4 is 9.80 Å². The highest BCUT2D eigenvalue weighted by Gasteiger charge is 2.47. The Hall–Kier alpha value is -9.50. The molecule has 0 saturated carbocycles. The van der Waals surface area contributed by atoms with E-state index in [1.54, 1.807) is 0 Å². The van der Waals surface area contributed by atoms with E-state index in [0.717, 1.165) is 72.6 Å². The van der Waals surface area contributed by atoms with E-state index in [-0.39, 0.29) is 0 Å². The summed E-state index contributed by atoms with van der Waals surface area (Å²) in [6.07, 6.45) is 5.99. The molecule has 0 saturated heterocycles. The van der Waals surface area contributed by atoms with Crippen LogP contribution in [0.4, 0.5) is 34.1 Å². The molecule has 0 bridgehead atoms. The summed E-state index contributed by atoms with van der Waals surface area (Å²) in [6, 6.07) is 106. The lowest BCUT2D eigenvalue weighted by Gasteiger charge is -2.37. The van der Waals surface area contributed by atoms with Crippen molar-refractivity contribution < 1.29 is 0 Å². The summed E-state index contributed by atoms with van der Waals surface area (Å²) < 4.78 is 0. The largest absolute Gasteiger partial charge is 0.310 e. The predicted octanol–water partition coefficient (Wildman–Crippen LogP) is 19.1. The van der Waals surface area contributed by atoms with Crippen LogP contribution in [0.3, 0.4) is 0 Å². The smallest absolute Gasteiger partial charge is 0.0504 e. The fraction of sp³-hybridized carbons (Fsp3) is 0.103. The van der Waals surface area contributed by atoms with E-state index in [1.807, 2.05) is 0 Å². The predicted molar refractivity (Wildman–Crippen MR) is 332 cm³/mol. The van der Waals surface area contributed by atoms with Gasteiger partial charge in [0.15, 0.2) is 0 Å². The van der Waals surface area contributed by atoms with Gasteiger partial charge in [-0.2, -0.15) is 0 Å². The van der Waals surface area contributed by atoms with E-state index in [9.17, 15) is 0 Å². The van der Waals surface area contributed by atoms with Gasteiger partial charge >= 0.3 is 0 Å². The van der Waals surface area contributed by atoms with Crippen molar-refractivity contribution in [3.8, 4) is 22.3 Å². The lowest BCUT2D eigenvalue weighted by molar-refractivity contribution is 0.626. The van der Waals surface area contributed by atoms with Gasteiger partial charge in [-0.1, -0.05) is 206 Å². The Morgan fingerprint density at radius 3 is 0.825 bits per heavy atom. The van der Waals surface area contributed by atoms with Crippen molar-refractivity contribution in [3.05, 3.63) is 346 Å². The molecule has 12 aromatic rings. The van der Waals surface area contributed by atoms with E-state index in [4.69, 9.17) is 0 Å². The molecule has 0 heterocycles. The maximum absolute atomic E-state index is 2.57. The number of anilines is 6. The molecule has 0 N–H and O–H groups in total. The highest BCUT2D eigenvalue weighted by Crippen LogP contribution is 2.58. The maximum atomic E-state index is 2.57. The Morgan fingerprint density at radius 1 is 0.250 bits per heavy atom. The second-order valence-electron chi connectivity index (χ2n) is 22.6. The van der Waals surface area contributed by atoms with E-state index >= 15 is 0 Å². The number of hydrogen-bond donors (Lipinski definition) is 0. The maximum Gasteiger partial charge on any atom is 0.0504 e. The second kappa shape index (κ2) is 18.6. The molecule has 0 amide bonds. The van der Waals surface area contributed by atoms with Crippen LogP contribution in [0.25, 0.3) is 33.0 Å². The van der Waals surface area contributed by atoms with Gasteiger partial charge in [0.25, 0.3) is 0 Å². The van der Waals surface area contributed by atoms with Gasteiger partial charge in [0.1, 0.15) is 0 Å². The van der Waals surface area contributed by atoms with Crippen LogP contribution in [0.2, 0.25) is 0 Å². The first-order valence-electron chi connectivity index (χ1n) is 28.7. The van der Waals surface area contributed by atoms with Crippen molar-refractivity contribution in [2.24, 2.45) is 0 Å². The molecule has 2 nitrogen and oxygen atoms in total. The van der Waals surface area contributed by atoms with Crippen molar-refractivity contribution in [1.29, 1.82) is 0 Å². The minimum atomic E-state index is -0.501. The lowest BCUT2D eigenvalue weighted by atomic mass is 9.66. The van der Waals surface area contributed by atoms with Gasteiger partial charge in [-0.3, -0.25) is 0 Å². The molecule has 4 aliphatic rings. The van der Waals surface area contributed by atoms with Crippen molar-refractivity contribution in [1.82, 2.24) is 0 Å². The van der Waals surface area contributed by atoms with Crippen LogP contribution in [-0.2, 0) is 49.4 Å². The molecule has 0 spiro atoms. The average Bonchev–Trinajstić information content (AvgIpc) is 4.13. The third-order valence-electron chi connectivity index (χ3n) is 18.5. The standard InChI is InChI=1S/C78H58N2/c1-5-21-61(22-6-1)79(62-23-7-2-8-24-62)65-47-57(51-77(59-43-41-53-37-39-55(53)45-59)73-33-17-13-29-67(73)68-30-14-18-34-74(68)77)72-50-66(80(63-25-9-3-10-26-63)64-27-11-4-12-28-64)48-58(71(72)49-65)52-78(60-44-42-54-38-40-56(54)46-60)75-35-19-15-31-69(75)70-32-16-20-36-76(70)78/h1-36,41-50H,37-40,51-52H2. The molecule has 0 aliphatic heterocycles. The van der Waals surface area contributed by atoms with Crippen LogP contribution in [0.15, 0.2) is 279 Å². The minimum absolute atomic E-state index is 0.501. The molecule has 0 fully saturated rings. The van der Waals surface area contributed by atoms with E-state index in [0.29, 0.717) is 0 Å². The summed E-state index contributed by atoms with van der Waals surface area (Å²) in [5.41, 5.74) is 27.7. The van der Waals surface area contributed by atoms with E-state index in [1.165, 1.54) is 99.8 Å². The first-order valence-corrected chi connectivity index (χ1v) is 28.7. The Balaban J connectivity index is 1.05. The first kappa shape index (κ1) is 46.6. The zero-order chi connectivity index (χ0) is 52.8. The number of benzene rings is 12. The van der Waals surface area contributed by atoms with Crippen molar-refractivity contribution in [2.75, 3.05) is 9.80 Å². The van der Waals surface area contributed by atoms with Crippen LogP contribution >= 0.6 is 0 Å². The van der Waals surface area contributed by atoms with Gasteiger partial charge in [0.2, 0.25) is 0 Å². The summed E-state index contributed by atoms with van der Waals surface area (Å²) in [6.45, 7) is 0. The summed E-state index contributed by atoms with van der Waals surface area (Å²) >= 11 is 0. The van der Waals surface area contributed by atoms with Gasteiger partial charge in [0.05, 0.1) is 10.8 Å². The fourth-order valence-electron chi connectivity index (χ4n) is 14.7. The monoisotopic (exact) mass is 1020 g/mol. The Kier molecular flexibility index (Phi) is 10.8. The molecule has 12 aromatic carbocycles. The number of para-hydroxylation sites is 4. The molecule has 4 aliphatic carbocycles. The molecule has 0 unspecified atom stereocenters. The second-order valence-corrected chi connectivity index (χ2v) is 22.6. The summed E-state index contributed by atoms with van der Waals surface area (Å²) in [7, 11) is 0. The molecule has 80 heavy (non-hydrogen) atoms. The number of rotatable bonds is 12. The highest BCUT2D eigenvalue weighted by molar-refractivity contribution is 5.99. The molecule has 0 atom stereocenters. The number of aryl methyl sites for hydroxylation is 4. The topological polar surface area (TPSA) is 6.48 Å². The molecule has 2 heteroatoms. The number of nitrogens with zero attached hydrogens (tertiary/aromatic N) is 2. The Morgan fingerprint density at radius 2 is 0.537 bits per heavy atom. The third kappa shape index (κ3) is 7.18. The molecule has 380 valence electrons. The lowest BCUT2D eigenvalue weighted by Crippen LogP contribution is -2.31. The van der Waals surface area contributed by atoms with Gasteiger partial charge in [0, 0.05) is 34.1 Å². The Bertz CT molecular complexity index is 3920. The quantitative estimate of drug-likeness (QED) is 0.120. The van der Waals surface area contributed by atoms with Crippen molar-refractivity contribution in [3.63, 3.8) is 0 Å². The summed E-state index contributed by atoms with van der Waals surface area (Å²) in [5.74, 6) is 0. The molecular formula is C78H58N2. The molecular weight excluding hydrogens is 965 g/mol. The zero-order valence-corrected chi connectivity index (χ0v) is 44.7. The molecule has 16 rings (SSSR count). The number of hydrogen-bond acceptors (Lipinski definition) is 2. The van der Waals surface area contributed by atoms with Crippen LogP contribution in [0.5, 0.6) is 0 Å². The van der Waals surface area contributed by atoms with Crippen molar-refractivity contribution >= 4 is 44.9 Å². The third-order valence-corrected chi connectivity index (χ3v) is 18.5. The normalized spacial score (nSPS) is 14.3. The first-order chi connectivity index (χ1) is 39.6. The minimum Gasteiger partial charge on any atom is -0.310 e. The molecule has 0 radical (unpaired) electrons. The Labute approximate surface area is 469 Å². The average molecular weight is 1020 g/mol. The highest BCUT2D eigenvalue weighted by atomic mass is 15.1. The van der Waals surface area contributed by atoms with Gasteiger partial charge < -0.3 is 9.80 Å². The van der Waals surface area contributed by atoms with Gasteiger partial charge in [-0.15, -0.1) is 0 Å². The van der Waals surface area contributed by atoms with Crippen LogP contribution in [-0.4, -0.2) is 0 Å². The van der Waals surface area contributed by atoms with E-state index in [2.05, 4.69) is 289 Å². The van der Waals surface area contributed by atoms with Crippen molar-refractivity contribution in [2.45, 2.75) is 49.4 Å². The van der Waals surface area contributed by atoms with Gasteiger partial charge in [-0.05, 0) is 211 Å². The summed E-state index contributed by atoms with van der Waals surface area (Å²) in [5, 5.41) is 2.52. The SMILES string of the molecule is c1ccc(N(c2ccccc2)c2cc(CC3(c4ccc5c(c4)CC5)c4ccccc4-c4ccccc43)c3cc(N(c4ccccc4)c4ccccc4)cc(CC4(c5ccc6c(c5)CC6)c5ccccc5-c5ccccc54)c3c2)cc1. The zero-order valence-electron chi connectivity index (χ0n) is 44.7. The summed E-state index contributed by atoms with van der Waals surface area (Å²) in [4.78, 5) is 4.98. The van der Waals surface area contributed by atoms with E-state index < -0.39 is 10.8 Å². The fourth-order valence-corrected chi connectivity index (χ4v) is 14.7. The molecule has 0 aromatic heterocycles. The van der Waals surface area contributed by atoms with Crippen LogP contribution in [0, 0.1) is 0 Å². The van der Waals surface area contributed by atoms with Gasteiger partial charge in [-0.25, -0.2) is 0 Å². The van der Waals surface area contributed by atoms with Crippen LogP contribution in [0.1, 0.15) is 66.8 Å².